The van der Waals surface area contributed by atoms with Crippen molar-refractivity contribution in [3.8, 4) is 0 Å². The number of carboxylic acid groups (broad SMARTS) is 1. The molecular weight excluding hydrogens is 440 g/mol. The number of imidazole rings is 1. The molecule has 1 aromatic rings. The molecule has 0 aliphatic carbocycles. The fourth-order valence-corrected chi connectivity index (χ4v) is 4.14. The van der Waals surface area contributed by atoms with Crippen LogP contribution in [0.3, 0.4) is 0 Å². The zero-order valence-corrected chi connectivity index (χ0v) is 20.4. The van der Waals surface area contributed by atoms with Crippen LogP contribution in [0.15, 0.2) is 12.5 Å². The second kappa shape index (κ2) is 12.5. The van der Waals surface area contributed by atoms with E-state index in [1.54, 1.807) is 6.20 Å². The topological polar surface area (TPSA) is 171 Å². The third-order valence-electron chi connectivity index (χ3n) is 6.27. The van der Waals surface area contributed by atoms with E-state index in [1.807, 2.05) is 27.7 Å². The van der Waals surface area contributed by atoms with Gasteiger partial charge in [-0.05, 0) is 31.1 Å². The normalized spacial score (nSPS) is 19.4. The summed E-state index contributed by atoms with van der Waals surface area (Å²) < 4.78 is 0. The quantitative estimate of drug-likeness (QED) is 0.290. The van der Waals surface area contributed by atoms with Crippen molar-refractivity contribution in [3.05, 3.63) is 18.2 Å². The smallest absolute Gasteiger partial charge is 0.326 e. The molecule has 5 unspecified atom stereocenters. The maximum Gasteiger partial charge on any atom is 0.326 e. The number of carbonyl (C=O) groups is 4. The first-order valence-corrected chi connectivity index (χ1v) is 11.9. The van der Waals surface area contributed by atoms with Crippen molar-refractivity contribution in [2.75, 3.05) is 6.54 Å². The van der Waals surface area contributed by atoms with Crippen LogP contribution in [0.1, 0.15) is 59.1 Å². The summed E-state index contributed by atoms with van der Waals surface area (Å²) in [6.45, 7) is 7.86. The van der Waals surface area contributed by atoms with E-state index in [0.29, 0.717) is 25.8 Å². The molecule has 2 rings (SSSR count). The molecule has 3 amide bonds. The Morgan fingerprint density at radius 1 is 1.26 bits per heavy atom. The van der Waals surface area contributed by atoms with Gasteiger partial charge in [-0.3, -0.25) is 14.4 Å². The molecule has 1 aromatic heterocycles. The Balaban J connectivity index is 2.09. The van der Waals surface area contributed by atoms with Crippen LogP contribution in [0.25, 0.3) is 0 Å². The number of hydrogen-bond donors (Lipinski definition) is 5. The molecule has 1 aliphatic heterocycles. The highest BCUT2D eigenvalue weighted by molar-refractivity contribution is 5.94. The van der Waals surface area contributed by atoms with Gasteiger partial charge in [0, 0.05) is 24.9 Å². The second-order valence-electron chi connectivity index (χ2n) is 9.48. The summed E-state index contributed by atoms with van der Waals surface area (Å²) >= 11 is 0. The van der Waals surface area contributed by atoms with Crippen molar-refractivity contribution in [2.24, 2.45) is 17.6 Å². The third-order valence-corrected chi connectivity index (χ3v) is 6.27. The monoisotopic (exact) mass is 478 g/mol. The lowest BCUT2D eigenvalue weighted by Crippen LogP contribution is -2.58. The molecule has 190 valence electrons. The Morgan fingerprint density at radius 3 is 2.53 bits per heavy atom. The van der Waals surface area contributed by atoms with Gasteiger partial charge in [0.15, 0.2) is 0 Å². The minimum atomic E-state index is -1.12. The fourth-order valence-electron chi connectivity index (χ4n) is 4.14. The minimum Gasteiger partial charge on any atom is -0.480 e. The van der Waals surface area contributed by atoms with E-state index in [4.69, 9.17) is 5.73 Å². The van der Waals surface area contributed by atoms with E-state index < -0.39 is 42.0 Å². The number of H-pyrrole nitrogens is 1. The molecule has 1 fully saturated rings. The maximum atomic E-state index is 13.2. The number of nitrogens with zero attached hydrogens (tertiary/aromatic N) is 2. The predicted molar refractivity (Wildman–Crippen MR) is 125 cm³/mol. The van der Waals surface area contributed by atoms with Crippen molar-refractivity contribution < 1.29 is 24.3 Å². The van der Waals surface area contributed by atoms with Crippen LogP contribution in [0.4, 0.5) is 0 Å². The summed E-state index contributed by atoms with van der Waals surface area (Å²) in [5.41, 5.74) is 6.83. The summed E-state index contributed by atoms with van der Waals surface area (Å²) in [5, 5.41) is 14.8. The lowest BCUT2D eigenvalue weighted by molar-refractivity contribution is -0.143. The van der Waals surface area contributed by atoms with Crippen LogP contribution >= 0.6 is 0 Å². The number of amides is 3. The molecule has 0 radical (unpaired) electrons. The number of carbonyl (C=O) groups excluding carboxylic acids is 3. The molecule has 11 heteroatoms. The van der Waals surface area contributed by atoms with Crippen LogP contribution in [0.2, 0.25) is 0 Å². The van der Waals surface area contributed by atoms with Crippen molar-refractivity contribution in [1.29, 1.82) is 0 Å². The zero-order valence-electron chi connectivity index (χ0n) is 20.4. The van der Waals surface area contributed by atoms with Gasteiger partial charge in [0.25, 0.3) is 0 Å². The van der Waals surface area contributed by atoms with Crippen LogP contribution in [0.5, 0.6) is 0 Å². The number of aromatic nitrogens is 2. The van der Waals surface area contributed by atoms with E-state index >= 15 is 0 Å². The van der Waals surface area contributed by atoms with Gasteiger partial charge in [-0.1, -0.05) is 34.1 Å². The predicted octanol–water partition coefficient (Wildman–Crippen LogP) is 0.417. The number of likely N-dealkylation sites (tertiary alicyclic amines) is 1. The van der Waals surface area contributed by atoms with E-state index in [1.165, 1.54) is 11.2 Å². The Labute approximate surface area is 200 Å². The van der Waals surface area contributed by atoms with E-state index in [0.717, 1.165) is 5.69 Å². The number of nitrogens with two attached hydrogens (primary N) is 1. The summed E-state index contributed by atoms with van der Waals surface area (Å²) in [6.07, 6.45) is 5.37. The molecule has 1 saturated heterocycles. The first-order chi connectivity index (χ1) is 16.0. The standard InChI is InChI=1S/C23H38N6O5/c1-5-14(4)19(21(31)27-17(23(33)34)9-13(2)3)28-20(30)18-7-6-8-29(18)22(32)16(24)10-15-11-25-12-26-15/h11-14,16-19H,5-10,24H2,1-4H3,(H,25,26)(H,27,31)(H,28,30)(H,33,34). The third kappa shape index (κ3) is 7.28. The second-order valence-corrected chi connectivity index (χ2v) is 9.48. The van der Waals surface area contributed by atoms with Crippen LogP contribution in [0, 0.1) is 11.8 Å². The molecule has 11 nitrogen and oxygen atoms in total. The minimum absolute atomic E-state index is 0.0714. The largest absolute Gasteiger partial charge is 0.480 e. The molecule has 0 spiro atoms. The van der Waals surface area contributed by atoms with Crippen molar-refractivity contribution in [3.63, 3.8) is 0 Å². The molecule has 0 bridgehead atoms. The van der Waals surface area contributed by atoms with Gasteiger partial charge in [0.2, 0.25) is 17.7 Å². The van der Waals surface area contributed by atoms with Crippen molar-refractivity contribution >= 4 is 23.7 Å². The molecule has 5 atom stereocenters. The number of aliphatic carboxylic acids is 1. The number of carboxylic acids is 1. The van der Waals surface area contributed by atoms with Crippen LogP contribution in [-0.4, -0.2) is 74.4 Å². The molecule has 6 N–H and O–H groups in total. The van der Waals surface area contributed by atoms with E-state index in [2.05, 4.69) is 20.6 Å². The highest BCUT2D eigenvalue weighted by atomic mass is 16.4. The maximum absolute atomic E-state index is 13.2. The highest BCUT2D eigenvalue weighted by Crippen LogP contribution is 2.20. The van der Waals surface area contributed by atoms with Crippen molar-refractivity contribution in [1.82, 2.24) is 25.5 Å². The van der Waals surface area contributed by atoms with Gasteiger partial charge in [-0.25, -0.2) is 9.78 Å². The Morgan fingerprint density at radius 2 is 1.97 bits per heavy atom. The van der Waals surface area contributed by atoms with Gasteiger partial charge in [0.05, 0.1) is 12.4 Å². The van der Waals surface area contributed by atoms with Gasteiger partial charge < -0.3 is 31.4 Å². The van der Waals surface area contributed by atoms with E-state index in [-0.39, 0.29) is 30.6 Å². The van der Waals surface area contributed by atoms with Gasteiger partial charge in [0.1, 0.15) is 18.1 Å². The Kier molecular flexibility index (Phi) is 10.0. The molecule has 0 saturated carbocycles. The molecule has 1 aliphatic rings. The molecule has 2 heterocycles. The molecule has 0 aromatic carbocycles. The lowest BCUT2D eigenvalue weighted by atomic mass is 9.96. The van der Waals surface area contributed by atoms with Gasteiger partial charge >= 0.3 is 5.97 Å². The molecule has 34 heavy (non-hydrogen) atoms. The summed E-state index contributed by atoms with van der Waals surface area (Å²) in [6, 6.07) is -3.51. The number of nitrogens with one attached hydrogen (secondary N) is 3. The van der Waals surface area contributed by atoms with Crippen LogP contribution in [-0.2, 0) is 25.6 Å². The molecular formula is C23H38N6O5. The Hall–Kier alpha value is -2.95. The average Bonchev–Trinajstić information content (AvgIpc) is 3.47. The van der Waals surface area contributed by atoms with Crippen LogP contribution < -0.4 is 16.4 Å². The van der Waals surface area contributed by atoms with E-state index in [9.17, 15) is 24.3 Å². The zero-order chi connectivity index (χ0) is 25.4. The number of hydrogen-bond acceptors (Lipinski definition) is 6. The summed E-state index contributed by atoms with van der Waals surface area (Å²) in [5.74, 6) is -2.58. The average molecular weight is 479 g/mol. The fraction of sp³-hybridized carbons (Fsp3) is 0.696. The first-order valence-electron chi connectivity index (χ1n) is 11.9. The lowest BCUT2D eigenvalue weighted by Gasteiger charge is -2.30. The van der Waals surface area contributed by atoms with Gasteiger partial charge in [-0.2, -0.15) is 0 Å². The summed E-state index contributed by atoms with van der Waals surface area (Å²) in [4.78, 5) is 59.0. The first kappa shape index (κ1) is 27.3. The highest BCUT2D eigenvalue weighted by Gasteiger charge is 2.39. The Bertz CT molecular complexity index is 843. The SMILES string of the molecule is CCC(C)C(NC(=O)C1CCCN1C(=O)C(N)Cc1cnc[nH]1)C(=O)NC(CC(C)C)C(=O)O. The van der Waals surface area contributed by atoms with Gasteiger partial charge in [-0.15, -0.1) is 0 Å². The summed E-state index contributed by atoms with van der Waals surface area (Å²) in [7, 11) is 0. The number of rotatable bonds is 12. The van der Waals surface area contributed by atoms with Crippen molar-refractivity contribution in [2.45, 2.75) is 84.0 Å². The number of aromatic amines is 1.